The van der Waals surface area contributed by atoms with Crippen LogP contribution in [0.3, 0.4) is 0 Å². The molecule has 0 aromatic heterocycles. The van der Waals surface area contributed by atoms with Crippen LogP contribution in [-0.4, -0.2) is 11.9 Å². The fourth-order valence-corrected chi connectivity index (χ4v) is 1.57. The number of nitrogens with zero attached hydrogens (tertiary/aromatic N) is 1. The summed E-state index contributed by atoms with van der Waals surface area (Å²) in [6.07, 6.45) is 0. The predicted molar refractivity (Wildman–Crippen MR) is 56.0 cm³/mol. The molecule has 0 radical (unpaired) electrons. The molecule has 1 rings (SSSR count). The highest BCUT2D eigenvalue weighted by Gasteiger charge is 2.14. The van der Waals surface area contributed by atoms with Crippen molar-refractivity contribution in [2.75, 3.05) is 7.05 Å². The number of rotatable bonds is 0. The van der Waals surface area contributed by atoms with Gasteiger partial charge in [0.1, 0.15) is 0 Å². The van der Waals surface area contributed by atoms with Gasteiger partial charge in [0, 0.05) is 24.1 Å². The van der Waals surface area contributed by atoms with Crippen molar-refractivity contribution in [2.24, 2.45) is 0 Å². The highest BCUT2D eigenvalue weighted by Crippen LogP contribution is 2.25. The van der Waals surface area contributed by atoms with Gasteiger partial charge in [0.15, 0.2) is 0 Å². The standard InChI is InChI=1S/C8H13IN2/c1-5-7(3)11(4)8(9)6(2)10-5/h10H,1-4H3. The summed E-state index contributed by atoms with van der Waals surface area (Å²) in [7, 11) is 2.09. The van der Waals surface area contributed by atoms with Crippen molar-refractivity contribution in [3.8, 4) is 0 Å². The Bertz CT molecular complexity index is 216. The van der Waals surface area contributed by atoms with Gasteiger partial charge in [-0.3, -0.25) is 0 Å². The smallest absolute Gasteiger partial charge is 0.0990 e. The van der Waals surface area contributed by atoms with Gasteiger partial charge in [-0.25, -0.2) is 0 Å². The second-order valence-corrected chi connectivity index (χ2v) is 3.83. The fourth-order valence-electron chi connectivity index (χ4n) is 1.07. The maximum Gasteiger partial charge on any atom is 0.0990 e. The third kappa shape index (κ3) is 1.52. The van der Waals surface area contributed by atoms with Gasteiger partial charge in [0.05, 0.1) is 3.70 Å². The Hall–Kier alpha value is -0.190. The van der Waals surface area contributed by atoms with Crippen molar-refractivity contribution in [3.63, 3.8) is 0 Å². The Labute approximate surface area is 81.5 Å². The van der Waals surface area contributed by atoms with E-state index >= 15 is 0 Å². The molecule has 0 bridgehead atoms. The van der Waals surface area contributed by atoms with E-state index in [4.69, 9.17) is 0 Å². The molecule has 1 N–H and O–H groups in total. The average Bonchev–Trinajstić information content (AvgIpc) is 1.97. The number of hydrogen-bond donors (Lipinski definition) is 1. The van der Waals surface area contributed by atoms with E-state index in [-0.39, 0.29) is 0 Å². The van der Waals surface area contributed by atoms with Crippen LogP contribution in [0.25, 0.3) is 0 Å². The van der Waals surface area contributed by atoms with E-state index in [1.807, 2.05) is 0 Å². The molecule has 0 unspecified atom stereocenters. The van der Waals surface area contributed by atoms with Crippen molar-refractivity contribution < 1.29 is 0 Å². The summed E-state index contributed by atoms with van der Waals surface area (Å²) < 4.78 is 1.27. The van der Waals surface area contributed by atoms with E-state index < -0.39 is 0 Å². The predicted octanol–water partition coefficient (Wildman–Crippen LogP) is 2.40. The molecule has 1 aliphatic heterocycles. The second-order valence-electron chi connectivity index (χ2n) is 2.81. The average molecular weight is 264 g/mol. The third-order valence-electron chi connectivity index (χ3n) is 2.02. The van der Waals surface area contributed by atoms with E-state index in [0.29, 0.717) is 0 Å². The van der Waals surface area contributed by atoms with Crippen LogP contribution in [-0.2, 0) is 0 Å². The van der Waals surface area contributed by atoms with Gasteiger partial charge in [-0.2, -0.15) is 0 Å². The maximum absolute atomic E-state index is 3.32. The van der Waals surface area contributed by atoms with Crippen LogP contribution < -0.4 is 5.32 Å². The molecule has 0 amide bonds. The molecule has 0 aromatic carbocycles. The topological polar surface area (TPSA) is 15.3 Å². The summed E-state index contributed by atoms with van der Waals surface area (Å²) in [5.74, 6) is 0. The first kappa shape index (κ1) is 8.90. The van der Waals surface area contributed by atoms with Crippen molar-refractivity contribution >= 4 is 22.6 Å². The van der Waals surface area contributed by atoms with Crippen LogP contribution in [0, 0.1) is 0 Å². The van der Waals surface area contributed by atoms with Crippen LogP contribution in [0.5, 0.6) is 0 Å². The molecular weight excluding hydrogens is 251 g/mol. The van der Waals surface area contributed by atoms with Crippen molar-refractivity contribution in [2.45, 2.75) is 20.8 Å². The minimum atomic E-state index is 1.23. The summed E-state index contributed by atoms with van der Waals surface area (Å²) in [5.41, 5.74) is 3.77. The van der Waals surface area contributed by atoms with Gasteiger partial charge in [0.25, 0.3) is 0 Å². The first-order valence-corrected chi connectivity index (χ1v) is 4.66. The number of halogens is 1. The first-order chi connectivity index (χ1) is 5.04. The SMILES string of the molecule is CC1=C(C)N(C)C(I)=C(C)N1. The molecule has 0 aromatic rings. The molecule has 0 fully saturated rings. The molecule has 62 valence electrons. The van der Waals surface area contributed by atoms with Crippen LogP contribution in [0.2, 0.25) is 0 Å². The lowest BCUT2D eigenvalue weighted by Gasteiger charge is -2.29. The largest absolute Gasteiger partial charge is 0.359 e. The molecule has 0 atom stereocenters. The Morgan fingerprint density at radius 3 is 2.27 bits per heavy atom. The molecule has 0 saturated carbocycles. The third-order valence-corrected chi connectivity index (χ3v) is 3.56. The Kier molecular flexibility index (Phi) is 2.47. The zero-order valence-corrected chi connectivity index (χ0v) is 9.48. The molecule has 0 spiro atoms. The van der Waals surface area contributed by atoms with Crippen LogP contribution >= 0.6 is 22.6 Å². The molecule has 0 aliphatic carbocycles. The van der Waals surface area contributed by atoms with Crippen molar-refractivity contribution in [3.05, 3.63) is 20.8 Å². The van der Waals surface area contributed by atoms with Gasteiger partial charge in [-0.1, -0.05) is 0 Å². The van der Waals surface area contributed by atoms with Crippen molar-refractivity contribution in [1.82, 2.24) is 10.2 Å². The number of hydrogen-bond acceptors (Lipinski definition) is 2. The number of nitrogens with one attached hydrogen (secondary N) is 1. The van der Waals surface area contributed by atoms with Gasteiger partial charge >= 0.3 is 0 Å². The molecular formula is C8H13IN2. The quantitative estimate of drug-likeness (QED) is 0.534. The monoisotopic (exact) mass is 264 g/mol. The van der Waals surface area contributed by atoms with Crippen molar-refractivity contribution in [1.29, 1.82) is 0 Å². The van der Waals surface area contributed by atoms with Crippen LogP contribution in [0.15, 0.2) is 20.8 Å². The second kappa shape index (κ2) is 3.05. The van der Waals surface area contributed by atoms with E-state index in [1.54, 1.807) is 0 Å². The van der Waals surface area contributed by atoms with E-state index in [0.717, 1.165) is 0 Å². The zero-order chi connectivity index (χ0) is 8.59. The van der Waals surface area contributed by atoms with E-state index in [1.165, 1.54) is 20.8 Å². The van der Waals surface area contributed by atoms with Gasteiger partial charge in [-0.15, -0.1) is 0 Å². The summed E-state index contributed by atoms with van der Waals surface area (Å²) >= 11 is 2.34. The highest BCUT2D eigenvalue weighted by atomic mass is 127. The molecule has 1 heterocycles. The molecule has 2 nitrogen and oxygen atoms in total. The zero-order valence-electron chi connectivity index (χ0n) is 7.33. The molecule has 11 heavy (non-hydrogen) atoms. The Morgan fingerprint density at radius 2 is 1.73 bits per heavy atom. The molecule has 0 saturated heterocycles. The Balaban J connectivity index is 2.98. The first-order valence-electron chi connectivity index (χ1n) is 3.58. The van der Waals surface area contributed by atoms with Gasteiger partial charge in [-0.05, 0) is 43.4 Å². The molecule has 3 heteroatoms. The lowest BCUT2D eigenvalue weighted by Crippen LogP contribution is -2.27. The number of allylic oxidation sites excluding steroid dienone is 3. The van der Waals surface area contributed by atoms with Gasteiger partial charge < -0.3 is 10.2 Å². The summed E-state index contributed by atoms with van der Waals surface area (Å²) in [5, 5.41) is 3.32. The summed E-state index contributed by atoms with van der Waals surface area (Å²) in [6.45, 7) is 6.31. The molecule has 1 aliphatic rings. The van der Waals surface area contributed by atoms with E-state index in [9.17, 15) is 0 Å². The van der Waals surface area contributed by atoms with Gasteiger partial charge in [0.2, 0.25) is 0 Å². The summed E-state index contributed by atoms with van der Waals surface area (Å²) in [4.78, 5) is 2.20. The van der Waals surface area contributed by atoms with Crippen LogP contribution in [0.1, 0.15) is 20.8 Å². The fraction of sp³-hybridized carbons (Fsp3) is 0.500. The minimum Gasteiger partial charge on any atom is -0.359 e. The summed E-state index contributed by atoms with van der Waals surface area (Å²) in [6, 6.07) is 0. The minimum absolute atomic E-state index is 1.23. The lowest BCUT2D eigenvalue weighted by atomic mass is 10.3. The lowest BCUT2D eigenvalue weighted by molar-refractivity contribution is 0.521. The maximum atomic E-state index is 3.32. The Morgan fingerprint density at radius 1 is 1.18 bits per heavy atom. The van der Waals surface area contributed by atoms with E-state index in [2.05, 4.69) is 60.6 Å². The highest BCUT2D eigenvalue weighted by molar-refractivity contribution is 14.1. The normalized spacial score (nSPS) is 19.2. The van der Waals surface area contributed by atoms with Crippen LogP contribution in [0.4, 0.5) is 0 Å².